The zero-order chi connectivity index (χ0) is 21.1. The first kappa shape index (κ1) is 20.4. The summed E-state index contributed by atoms with van der Waals surface area (Å²) in [6.45, 7) is 3.43. The van der Waals surface area contributed by atoms with E-state index in [0.29, 0.717) is 5.52 Å². The summed E-state index contributed by atoms with van der Waals surface area (Å²) in [5.41, 5.74) is 0.550. The van der Waals surface area contributed by atoms with Gasteiger partial charge >= 0.3 is 17.9 Å². The van der Waals surface area contributed by atoms with Gasteiger partial charge in [0.2, 0.25) is 0 Å². The number of hydrogen-bond acceptors (Lipinski definition) is 12. The summed E-state index contributed by atoms with van der Waals surface area (Å²) in [5.74, 6) is -1.64. The van der Waals surface area contributed by atoms with Gasteiger partial charge in [-0.15, -0.1) is 5.10 Å². The highest BCUT2D eigenvalue weighted by molar-refractivity contribution is 5.75. The average Bonchev–Trinajstić information content (AvgIpc) is 3.21. The van der Waals surface area contributed by atoms with Crippen molar-refractivity contribution in [2.24, 2.45) is 0 Å². The van der Waals surface area contributed by atoms with E-state index in [4.69, 9.17) is 23.7 Å². The van der Waals surface area contributed by atoms with E-state index in [-0.39, 0.29) is 18.1 Å². The molecule has 0 radical (unpaired) electrons. The zero-order valence-electron chi connectivity index (χ0n) is 16.1. The first-order valence-electron chi connectivity index (χ1n) is 8.55. The number of carbonyl (C=O) groups excluding carboxylic acids is 3. The van der Waals surface area contributed by atoms with Crippen LogP contribution >= 0.6 is 0 Å². The van der Waals surface area contributed by atoms with Crippen molar-refractivity contribution in [3.05, 3.63) is 6.33 Å². The van der Waals surface area contributed by atoms with E-state index in [1.165, 1.54) is 38.8 Å². The largest absolute Gasteiger partial charge is 0.478 e. The van der Waals surface area contributed by atoms with E-state index in [0.717, 1.165) is 0 Å². The third-order valence-corrected chi connectivity index (χ3v) is 4.05. The Balaban J connectivity index is 2.02. The van der Waals surface area contributed by atoms with Crippen LogP contribution in [0.1, 0.15) is 27.0 Å². The Morgan fingerprint density at radius 1 is 1.07 bits per heavy atom. The number of aromatic nitrogens is 5. The van der Waals surface area contributed by atoms with Crippen molar-refractivity contribution >= 4 is 29.1 Å². The standard InChI is InChI=1S/C16H19N5O8/c1-7(22)26-5-10-12(27-8(2)23)13(28-9(3)24)16(29-10)21-6-17-11-14(21)18-20-19-15(11)25-4/h6,10,12-13,16H,5H2,1-4H3/t10-,12-,13-,16-/m1/s1. The Kier molecular flexibility index (Phi) is 5.87. The predicted octanol–water partition coefficient (Wildman–Crippen LogP) is -0.446. The fourth-order valence-corrected chi connectivity index (χ4v) is 3.00. The van der Waals surface area contributed by atoms with Gasteiger partial charge < -0.3 is 23.7 Å². The van der Waals surface area contributed by atoms with Gasteiger partial charge in [-0.2, -0.15) is 0 Å². The molecule has 29 heavy (non-hydrogen) atoms. The summed E-state index contributed by atoms with van der Waals surface area (Å²) in [6, 6.07) is 0. The summed E-state index contributed by atoms with van der Waals surface area (Å²) >= 11 is 0. The minimum atomic E-state index is -1.06. The molecule has 0 spiro atoms. The molecule has 0 bridgehead atoms. The van der Waals surface area contributed by atoms with Gasteiger partial charge in [-0.3, -0.25) is 19.0 Å². The number of ether oxygens (including phenoxy) is 5. The summed E-state index contributed by atoms with van der Waals surface area (Å²) in [7, 11) is 1.40. The van der Waals surface area contributed by atoms with E-state index in [1.807, 2.05) is 0 Å². The number of imidazole rings is 1. The molecule has 13 heteroatoms. The molecule has 1 aliphatic rings. The van der Waals surface area contributed by atoms with Gasteiger partial charge in [-0.25, -0.2) is 4.98 Å². The molecule has 0 unspecified atom stereocenters. The van der Waals surface area contributed by atoms with Gasteiger partial charge in [0.25, 0.3) is 5.88 Å². The molecule has 1 saturated heterocycles. The summed E-state index contributed by atoms with van der Waals surface area (Å²) in [5, 5.41) is 11.3. The number of rotatable bonds is 6. The van der Waals surface area contributed by atoms with Crippen LogP contribution in [0.15, 0.2) is 6.33 Å². The Bertz CT molecular complexity index is 931. The molecule has 0 aromatic carbocycles. The third kappa shape index (κ3) is 4.23. The smallest absolute Gasteiger partial charge is 0.303 e. The first-order valence-corrected chi connectivity index (χ1v) is 8.55. The maximum absolute atomic E-state index is 11.7. The van der Waals surface area contributed by atoms with E-state index >= 15 is 0 Å². The van der Waals surface area contributed by atoms with Crippen LogP contribution in [-0.2, 0) is 33.3 Å². The lowest BCUT2D eigenvalue weighted by molar-refractivity contribution is -0.166. The normalized spacial score (nSPS) is 23.6. The minimum absolute atomic E-state index is 0.142. The topological polar surface area (TPSA) is 154 Å². The zero-order valence-corrected chi connectivity index (χ0v) is 16.1. The van der Waals surface area contributed by atoms with Crippen molar-refractivity contribution in [2.75, 3.05) is 13.7 Å². The van der Waals surface area contributed by atoms with E-state index < -0.39 is 42.4 Å². The van der Waals surface area contributed by atoms with Crippen LogP contribution in [0.25, 0.3) is 11.2 Å². The van der Waals surface area contributed by atoms with Crippen molar-refractivity contribution in [2.45, 2.75) is 45.3 Å². The van der Waals surface area contributed by atoms with Crippen LogP contribution in [0.5, 0.6) is 5.88 Å². The van der Waals surface area contributed by atoms with Gasteiger partial charge in [0.05, 0.1) is 13.4 Å². The van der Waals surface area contributed by atoms with Crippen LogP contribution in [0, 0.1) is 0 Å². The number of esters is 3. The van der Waals surface area contributed by atoms with Crippen LogP contribution < -0.4 is 4.74 Å². The van der Waals surface area contributed by atoms with Crippen LogP contribution in [0.4, 0.5) is 0 Å². The van der Waals surface area contributed by atoms with E-state index in [2.05, 4.69) is 20.4 Å². The highest BCUT2D eigenvalue weighted by Gasteiger charge is 2.51. The molecule has 4 atom stereocenters. The second kappa shape index (κ2) is 8.34. The fourth-order valence-electron chi connectivity index (χ4n) is 3.00. The molecule has 1 fully saturated rings. The predicted molar refractivity (Wildman–Crippen MR) is 91.3 cm³/mol. The molecule has 2 aromatic heterocycles. The lowest BCUT2D eigenvalue weighted by atomic mass is 10.1. The number of hydrogen-bond donors (Lipinski definition) is 0. The highest BCUT2D eigenvalue weighted by Crippen LogP contribution is 2.36. The molecule has 2 aromatic rings. The summed E-state index contributed by atoms with van der Waals surface area (Å²) in [6.07, 6.45) is -2.60. The number of fused-ring (bicyclic) bond motifs is 1. The molecule has 0 amide bonds. The van der Waals surface area contributed by atoms with Crippen LogP contribution in [-0.4, -0.2) is 74.9 Å². The molecule has 3 rings (SSSR count). The molecular weight excluding hydrogens is 390 g/mol. The first-order chi connectivity index (χ1) is 13.8. The van der Waals surface area contributed by atoms with Crippen molar-refractivity contribution in [3.63, 3.8) is 0 Å². The van der Waals surface area contributed by atoms with Crippen molar-refractivity contribution in [1.82, 2.24) is 25.0 Å². The quantitative estimate of drug-likeness (QED) is 0.448. The van der Waals surface area contributed by atoms with Crippen LogP contribution in [0.3, 0.4) is 0 Å². The fraction of sp³-hybridized carbons (Fsp3) is 0.562. The second-order valence-electron chi connectivity index (χ2n) is 6.14. The Morgan fingerprint density at radius 2 is 1.76 bits per heavy atom. The number of carbonyl (C=O) groups is 3. The highest BCUT2D eigenvalue weighted by atomic mass is 16.7. The Labute approximate surface area is 164 Å². The number of methoxy groups -OCH3 is 1. The molecule has 13 nitrogen and oxygen atoms in total. The Morgan fingerprint density at radius 3 is 2.38 bits per heavy atom. The SMILES string of the molecule is COc1nnnc2c1ncn2[C@@H]1O[C@H](COC(C)=O)[C@@H](OC(C)=O)[C@H]1OC(C)=O. The molecule has 3 heterocycles. The summed E-state index contributed by atoms with van der Waals surface area (Å²) < 4.78 is 28.2. The lowest BCUT2D eigenvalue weighted by Gasteiger charge is -2.23. The molecule has 0 saturated carbocycles. The second-order valence-corrected chi connectivity index (χ2v) is 6.14. The van der Waals surface area contributed by atoms with Gasteiger partial charge in [-0.05, 0) is 5.21 Å². The van der Waals surface area contributed by atoms with Crippen molar-refractivity contribution < 1.29 is 38.1 Å². The molecule has 0 aliphatic carbocycles. The van der Waals surface area contributed by atoms with Gasteiger partial charge in [0.15, 0.2) is 29.6 Å². The maximum atomic E-state index is 11.7. The maximum Gasteiger partial charge on any atom is 0.303 e. The van der Waals surface area contributed by atoms with Crippen LogP contribution in [0.2, 0.25) is 0 Å². The molecule has 156 valence electrons. The molecule has 0 N–H and O–H groups in total. The van der Waals surface area contributed by atoms with E-state index in [9.17, 15) is 14.4 Å². The van der Waals surface area contributed by atoms with Gasteiger partial charge in [0.1, 0.15) is 12.7 Å². The monoisotopic (exact) mass is 409 g/mol. The molecule has 1 aliphatic heterocycles. The van der Waals surface area contributed by atoms with Gasteiger partial charge in [0, 0.05) is 20.8 Å². The average molecular weight is 409 g/mol. The minimum Gasteiger partial charge on any atom is -0.478 e. The number of nitrogens with zero attached hydrogens (tertiary/aromatic N) is 5. The van der Waals surface area contributed by atoms with Crippen molar-refractivity contribution in [3.8, 4) is 5.88 Å². The third-order valence-electron chi connectivity index (χ3n) is 4.05. The van der Waals surface area contributed by atoms with E-state index in [1.54, 1.807) is 0 Å². The molecular formula is C16H19N5O8. The Hall–Kier alpha value is -3.35. The van der Waals surface area contributed by atoms with Gasteiger partial charge in [-0.1, -0.05) is 5.10 Å². The van der Waals surface area contributed by atoms with Crippen molar-refractivity contribution in [1.29, 1.82) is 0 Å². The summed E-state index contributed by atoms with van der Waals surface area (Å²) in [4.78, 5) is 38.7. The lowest BCUT2D eigenvalue weighted by Crippen LogP contribution is -2.40.